The summed E-state index contributed by atoms with van der Waals surface area (Å²) >= 11 is 6.05. The first-order chi connectivity index (χ1) is 15.1. The second-order valence-corrected chi connectivity index (χ2v) is 7.21. The molecule has 2 atom stereocenters. The second-order valence-electron chi connectivity index (χ2n) is 6.77. The lowest BCUT2D eigenvalue weighted by Gasteiger charge is -2.20. The van der Waals surface area contributed by atoms with Crippen molar-refractivity contribution in [3.63, 3.8) is 0 Å². The first-order valence-electron chi connectivity index (χ1n) is 10.3. The molecule has 2 aromatic heterocycles. The Hall–Kier alpha value is -2.18. The molecule has 0 aliphatic heterocycles. The van der Waals surface area contributed by atoms with Crippen LogP contribution in [-0.2, 0) is 11.3 Å². The van der Waals surface area contributed by atoms with E-state index in [-0.39, 0.29) is 42.7 Å². The minimum atomic E-state index is -0.216. The second kappa shape index (κ2) is 13.4. The number of aliphatic imine (C=N–C) groups is 1. The number of nitrogens with zero attached hydrogens (tertiary/aromatic N) is 5. The van der Waals surface area contributed by atoms with Crippen LogP contribution in [0.2, 0.25) is 5.02 Å². The summed E-state index contributed by atoms with van der Waals surface area (Å²) in [5.41, 5.74) is 1.09. The van der Waals surface area contributed by atoms with Gasteiger partial charge in [0.1, 0.15) is 12.6 Å². The number of guanidine groups is 1. The molecule has 0 aliphatic rings. The molecular weight excluding hydrogens is 545 g/mol. The van der Waals surface area contributed by atoms with Crippen LogP contribution in [0.3, 0.4) is 0 Å². The summed E-state index contributed by atoms with van der Waals surface area (Å²) in [6.45, 7) is 7.96. The zero-order valence-corrected chi connectivity index (χ0v) is 21.4. The Kier molecular flexibility index (Phi) is 10.9. The number of hydrogen-bond donors (Lipinski definition) is 2. The number of aromatic nitrogens is 4. The highest BCUT2D eigenvalue weighted by atomic mass is 127. The summed E-state index contributed by atoms with van der Waals surface area (Å²) in [5, 5.41) is 15.7. The Morgan fingerprint density at radius 3 is 2.69 bits per heavy atom. The molecule has 9 nitrogen and oxygen atoms in total. The van der Waals surface area contributed by atoms with Crippen LogP contribution in [-0.4, -0.2) is 45.6 Å². The first kappa shape index (κ1) is 26.1. The predicted octanol–water partition coefficient (Wildman–Crippen LogP) is 3.98. The molecule has 11 heteroatoms. The van der Waals surface area contributed by atoms with Crippen molar-refractivity contribution in [3.05, 3.63) is 65.0 Å². The minimum Gasteiger partial charge on any atom is -0.371 e. The van der Waals surface area contributed by atoms with E-state index < -0.39 is 0 Å². The maximum atomic E-state index is 6.05. The van der Waals surface area contributed by atoms with Crippen LogP contribution in [0.1, 0.15) is 50.2 Å². The van der Waals surface area contributed by atoms with Crippen molar-refractivity contribution in [3.8, 4) is 0 Å². The van der Waals surface area contributed by atoms with E-state index in [2.05, 4.69) is 30.9 Å². The van der Waals surface area contributed by atoms with Crippen molar-refractivity contribution >= 4 is 41.5 Å². The standard InChI is InChI=1S/C21H28ClN7O2.HI/c1-4-23-21(25-14-19-27-20(28-31-19)15(3)30-5-2)24-13-18(29-12-6-11-26-29)16-7-9-17(22)10-8-16;/h6-12,15,18H,4-5,13-14H2,1-3H3,(H2,23,24,25);1H. The highest BCUT2D eigenvalue weighted by Crippen LogP contribution is 2.19. The maximum absolute atomic E-state index is 6.05. The lowest BCUT2D eigenvalue weighted by molar-refractivity contribution is 0.0683. The van der Waals surface area contributed by atoms with Crippen LogP contribution in [0.15, 0.2) is 52.2 Å². The van der Waals surface area contributed by atoms with Gasteiger partial charge in [0.15, 0.2) is 11.8 Å². The molecule has 0 spiro atoms. The van der Waals surface area contributed by atoms with Crippen LogP contribution >= 0.6 is 35.6 Å². The minimum absolute atomic E-state index is 0. The van der Waals surface area contributed by atoms with Gasteiger partial charge < -0.3 is 19.9 Å². The average Bonchev–Trinajstić information content (AvgIpc) is 3.46. The molecule has 0 saturated heterocycles. The van der Waals surface area contributed by atoms with Crippen LogP contribution < -0.4 is 10.6 Å². The predicted molar refractivity (Wildman–Crippen MR) is 134 cm³/mol. The van der Waals surface area contributed by atoms with Crippen molar-refractivity contribution in [2.45, 2.75) is 39.5 Å². The van der Waals surface area contributed by atoms with Gasteiger partial charge in [-0.05, 0) is 44.5 Å². The molecule has 0 fully saturated rings. The monoisotopic (exact) mass is 573 g/mol. The van der Waals surface area contributed by atoms with E-state index in [1.165, 1.54) is 0 Å². The van der Waals surface area contributed by atoms with E-state index in [1.807, 2.05) is 62.0 Å². The van der Waals surface area contributed by atoms with Gasteiger partial charge in [0.25, 0.3) is 0 Å². The molecule has 3 rings (SSSR count). The SMILES string of the molecule is CCNC(=NCc1nc(C(C)OCC)no1)NCC(c1ccc(Cl)cc1)n1cccn1.I. The number of nitrogens with one attached hydrogen (secondary N) is 2. The van der Waals surface area contributed by atoms with Crippen LogP contribution in [0, 0.1) is 0 Å². The molecule has 1 aromatic carbocycles. The van der Waals surface area contributed by atoms with E-state index in [0.717, 1.165) is 12.1 Å². The summed E-state index contributed by atoms with van der Waals surface area (Å²) < 4.78 is 12.7. The smallest absolute Gasteiger partial charge is 0.248 e. The van der Waals surface area contributed by atoms with E-state index >= 15 is 0 Å². The Morgan fingerprint density at radius 1 is 1.25 bits per heavy atom. The third-order valence-electron chi connectivity index (χ3n) is 4.54. The number of benzene rings is 1. The molecule has 0 aliphatic carbocycles. The summed E-state index contributed by atoms with van der Waals surface area (Å²) in [6.07, 6.45) is 3.48. The van der Waals surface area contributed by atoms with E-state index in [9.17, 15) is 0 Å². The maximum Gasteiger partial charge on any atom is 0.248 e. The largest absolute Gasteiger partial charge is 0.371 e. The zero-order valence-electron chi connectivity index (χ0n) is 18.4. The Morgan fingerprint density at radius 2 is 2.03 bits per heavy atom. The zero-order chi connectivity index (χ0) is 22.1. The van der Waals surface area contributed by atoms with E-state index in [0.29, 0.717) is 35.8 Å². The third kappa shape index (κ3) is 7.45. The van der Waals surface area contributed by atoms with Crippen molar-refractivity contribution in [1.82, 2.24) is 30.6 Å². The number of ether oxygens (including phenoxy) is 1. The van der Waals surface area contributed by atoms with E-state index in [4.69, 9.17) is 20.9 Å². The summed E-state index contributed by atoms with van der Waals surface area (Å²) in [4.78, 5) is 8.93. The molecule has 0 saturated carbocycles. The summed E-state index contributed by atoms with van der Waals surface area (Å²) in [6, 6.07) is 9.63. The molecule has 0 amide bonds. The molecule has 2 unspecified atom stereocenters. The fourth-order valence-electron chi connectivity index (χ4n) is 3.02. The molecule has 3 aromatic rings. The van der Waals surface area contributed by atoms with Crippen LogP contribution in [0.5, 0.6) is 0 Å². The van der Waals surface area contributed by atoms with Crippen molar-refractivity contribution < 1.29 is 9.26 Å². The van der Waals surface area contributed by atoms with Gasteiger partial charge in [-0.25, -0.2) is 4.99 Å². The van der Waals surface area contributed by atoms with Gasteiger partial charge in [-0.2, -0.15) is 10.1 Å². The van der Waals surface area contributed by atoms with Crippen molar-refractivity contribution in [1.29, 1.82) is 0 Å². The van der Waals surface area contributed by atoms with Crippen LogP contribution in [0.25, 0.3) is 0 Å². The normalized spacial score (nSPS) is 13.3. The average molecular weight is 574 g/mol. The highest BCUT2D eigenvalue weighted by molar-refractivity contribution is 14.0. The molecule has 0 bridgehead atoms. The first-order valence-corrected chi connectivity index (χ1v) is 10.7. The van der Waals surface area contributed by atoms with Gasteiger partial charge in [-0.15, -0.1) is 24.0 Å². The van der Waals surface area contributed by atoms with Crippen molar-refractivity contribution in [2.75, 3.05) is 19.7 Å². The number of halogens is 2. The molecule has 174 valence electrons. The highest BCUT2D eigenvalue weighted by Gasteiger charge is 2.16. The fourth-order valence-corrected chi connectivity index (χ4v) is 3.14. The molecule has 2 N–H and O–H groups in total. The van der Waals surface area contributed by atoms with Crippen LogP contribution in [0.4, 0.5) is 0 Å². The quantitative estimate of drug-likeness (QED) is 0.215. The summed E-state index contributed by atoms with van der Waals surface area (Å²) in [5.74, 6) is 1.60. The topological polar surface area (TPSA) is 102 Å². The Balaban J connectivity index is 0.00000363. The van der Waals surface area contributed by atoms with Gasteiger partial charge in [0.05, 0.1) is 6.04 Å². The molecule has 0 radical (unpaired) electrons. The van der Waals surface area contributed by atoms with Gasteiger partial charge >= 0.3 is 0 Å². The molecule has 2 heterocycles. The lowest BCUT2D eigenvalue weighted by Crippen LogP contribution is -2.40. The van der Waals surface area contributed by atoms with Crippen molar-refractivity contribution in [2.24, 2.45) is 4.99 Å². The number of rotatable bonds is 10. The van der Waals surface area contributed by atoms with Gasteiger partial charge in [-0.1, -0.05) is 28.9 Å². The lowest BCUT2D eigenvalue weighted by atomic mass is 10.1. The number of hydrogen-bond acceptors (Lipinski definition) is 6. The Bertz CT molecular complexity index is 947. The Labute approximate surface area is 210 Å². The van der Waals surface area contributed by atoms with E-state index in [1.54, 1.807) is 6.20 Å². The fraction of sp³-hybridized carbons (Fsp3) is 0.429. The molecular formula is C21H29ClIN7O2. The molecule has 32 heavy (non-hydrogen) atoms. The summed E-state index contributed by atoms with van der Waals surface area (Å²) in [7, 11) is 0. The van der Waals surface area contributed by atoms with Gasteiger partial charge in [0.2, 0.25) is 5.89 Å². The van der Waals surface area contributed by atoms with Gasteiger partial charge in [0, 0.05) is 37.1 Å². The van der Waals surface area contributed by atoms with Gasteiger partial charge in [-0.3, -0.25) is 4.68 Å². The third-order valence-corrected chi connectivity index (χ3v) is 4.79.